The van der Waals surface area contributed by atoms with Crippen LogP contribution in [-0.2, 0) is 14.6 Å². The van der Waals surface area contributed by atoms with Crippen molar-refractivity contribution in [3.63, 3.8) is 0 Å². The molecule has 0 spiro atoms. The van der Waals surface area contributed by atoms with E-state index in [1.54, 1.807) is 23.1 Å². The Kier molecular flexibility index (Phi) is 6.38. The molecule has 1 aromatic carbocycles. The van der Waals surface area contributed by atoms with Gasteiger partial charge in [-0.2, -0.15) is 0 Å². The molecular weight excluding hydrogens is 408 g/mol. The van der Waals surface area contributed by atoms with E-state index in [9.17, 15) is 13.2 Å². The van der Waals surface area contributed by atoms with E-state index in [0.717, 1.165) is 58.4 Å². The summed E-state index contributed by atoms with van der Waals surface area (Å²) in [6, 6.07) is 4.77. The van der Waals surface area contributed by atoms with Gasteiger partial charge in [0.15, 0.2) is 21.3 Å². The van der Waals surface area contributed by atoms with Crippen molar-refractivity contribution in [3.8, 4) is 11.5 Å². The first-order valence-electron chi connectivity index (χ1n) is 10.7. The molecule has 0 radical (unpaired) electrons. The minimum Gasteiger partial charge on any atom is -0.486 e. The molecule has 0 N–H and O–H groups in total. The number of piperidine rings is 1. The topological polar surface area (TPSA) is 85.4 Å². The summed E-state index contributed by atoms with van der Waals surface area (Å²) in [6.07, 6.45) is 5.37. The van der Waals surface area contributed by atoms with Crippen LogP contribution in [0.4, 0.5) is 4.79 Å². The van der Waals surface area contributed by atoms with Crippen LogP contribution < -0.4 is 9.47 Å². The number of carbonyl (C=O) groups is 1. The SMILES string of the molecule is CS(=O)(=O)c1ccc2c(c1)O[C@@H](CN1CCC(CCCN3CCOC3=O)CC1)CO2. The van der Waals surface area contributed by atoms with E-state index in [-0.39, 0.29) is 17.1 Å². The van der Waals surface area contributed by atoms with Gasteiger partial charge in [-0.15, -0.1) is 0 Å². The van der Waals surface area contributed by atoms with Crippen molar-refractivity contribution in [2.45, 2.75) is 36.7 Å². The van der Waals surface area contributed by atoms with Crippen molar-refractivity contribution < 1.29 is 27.4 Å². The molecule has 1 amide bonds. The number of ether oxygens (including phenoxy) is 3. The maximum Gasteiger partial charge on any atom is 0.409 e. The molecule has 30 heavy (non-hydrogen) atoms. The summed E-state index contributed by atoms with van der Waals surface area (Å²) in [6.45, 7) is 5.31. The highest BCUT2D eigenvalue weighted by atomic mass is 32.2. The van der Waals surface area contributed by atoms with Crippen LogP contribution in [0.25, 0.3) is 0 Å². The van der Waals surface area contributed by atoms with Crippen LogP contribution in [0.3, 0.4) is 0 Å². The van der Waals surface area contributed by atoms with Crippen LogP contribution in [-0.4, -0.2) is 82.6 Å². The van der Waals surface area contributed by atoms with Gasteiger partial charge in [-0.05, 0) is 56.8 Å². The summed E-state index contributed by atoms with van der Waals surface area (Å²) in [7, 11) is -3.28. The molecule has 0 bridgehead atoms. The molecule has 2 saturated heterocycles. The van der Waals surface area contributed by atoms with Crippen LogP contribution in [0.1, 0.15) is 25.7 Å². The lowest BCUT2D eigenvalue weighted by atomic mass is 9.92. The van der Waals surface area contributed by atoms with Crippen LogP contribution in [0.15, 0.2) is 23.1 Å². The first kappa shape index (κ1) is 21.2. The molecule has 8 nitrogen and oxygen atoms in total. The van der Waals surface area contributed by atoms with Crippen LogP contribution in [0.2, 0.25) is 0 Å². The highest BCUT2D eigenvalue weighted by molar-refractivity contribution is 7.90. The molecule has 9 heteroatoms. The predicted molar refractivity (Wildman–Crippen MR) is 111 cm³/mol. The maximum absolute atomic E-state index is 11.8. The standard InChI is InChI=1S/C21H30N2O6S/c1-30(25,26)18-4-5-19-20(13-18)29-17(15-28-19)14-22-9-6-16(7-10-22)3-2-8-23-11-12-27-21(23)24/h4-5,13,16-17H,2-3,6-12,14-15H2,1H3/t17-/m0/s1. The Labute approximate surface area is 178 Å². The third-order valence-corrected chi connectivity index (χ3v) is 7.23. The number of nitrogens with zero attached hydrogens (tertiary/aromatic N) is 2. The minimum atomic E-state index is -3.28. The van der Waals surface area contributed by atoms with E-state index < -0.39 is 9.84 Å². The Morgan fingerprint density at radius 1 is 1.10 bits per heavy atom. The second-order valence-electron chi connectivity index (χ2n) is 8.42. The molecule has 0 unspecified atom stereocenters. The maximum atomic E-state index is 11.8. The number of amides is 1. The predicted octanol–water partition coefficient (Wildman–Crippen LogP) is 2.17. The number of carbonyl (C=O) groups excluding carboxylic acids is 1. The number of sulfone groups is 1. The zero-order chi connectivity index (χ0) is 21.1. The zero-order valence-electron chi connectivity index (χ0n) is 17.4. The quantitative estimate of drug-likeness (QED) is 0.645. The molecule has 166 valence electrons. The van der Waals surface area contributed by atoms with Crippen molar-refractivity contribution in [1.29, 1.82) is 0 Å². The minimum absolute atomic E-state index is 0.106. The fourth-order valence-corrected chi connectivity index (χ4v) is 5.00. The molecule has 3 heterocycles. The van der Waals surface area contributed by atoms with Gasteiger partial charge in [-0.1, -0.05) is 0 Å². The van der Waals surface area contributed by atoms with Crippen molar-refractivity contribution in [2.24, 2.45) is 5.92 Å². The molecule has 1 atom stereocenters. The molecule has 3 aliphatic rings. The monoisotopic (exact) mass is 438 g/mol. The number of cyclic esters (lactones) is 1. The summed E-state index contributed by atoms with van der Waals surface area (Å²) in [5.41, 5.74) is 0. The normalized spacial score (nSPS) is 22.9. The Hall–Kier alpha value is -2.00. The Bertz CT molecular complexity index is 866. The van der Waals surface area contributed by atoms with Gasteiger partial charge in [0.2, 0.25) is 0 Å². The molecule has 4 rings (SSSR count). The average molecular weight is 439 g/mol. The zero-order valence-corrected chi connectivity index (χ0v) is 18.2. The highest BCUT2D eigenvalue weighted by Gasteiger charge is 2.27. The number of hydrogen-bond acceptors (Lipinski definition) is 7. The lowest BCUT2D eigenvalue weighted by molar-refractivity contribution is 0.0467. The molecule has 0 aliphatic carbocycles. The summed E-state index contributed by atoms with van der Waals surface area (Å²) in [5.74, 6) is 1.80. The highest BCUT2D eigenvalue weighted by Crippen LogP contribution is 2.34. The summed E-state index contributed by atoms with van der Waals surface area (Å²) in [4.78, 5) is 15.9. The lowest BCUT2D eigenvalue weighted by Gasteiger charge is -2.35. The third-order valence-electron chi connectivity index (χ3n) is 6.12. The fraction of sp³-hybridized carbons (Fsp3) is 0.667. The molecule has 1 aromatic rings. The van der Waals surface area contributed by atoms with Gasteiger partial charge < -0.3 is 19.1 Å². The average Bonchev–Trinajstić information content (AvgIpc) is 3.13. The molecule has 0 saturated carbocycles. The molecule has 2 fully saturated rings. The van der Waals surface area contributed by atoms with E-state index in [2.05, 4.69) is 4.90 Å². The fourth-order valence-electron chi connectivity index (χ4n) is 4.36. The van der Waals surface area contributed by atoms with E-state index >= 15 is 0 Å². The Balaban J connectivity index is 1.21. The van der Waals surface area contributed by atoms with Gasteiger partial charge in [-0.25, -0.2) is 13.2 Å². The van der Waals surface area contributed by atoms with Gasteiger partial charge in [0.05, 0.1) is 11.4 Å². The smallest absolute Gasteiger partial charge is 0.409 e. The second-order valence-corrected chi connectivity index (χ2v) is 10.4. The first-order chi connectivity index (χ1) is 14.4. The first-order valence-corrected chi connectivity index (χ1v) is 12.6. The summed E-state index contributed by atoms with van der Waals surface area (Å²) < 4.78 is 40.4. The van der Waals surface area contributed by atoms with Crippen molar-refractivity contribution >= 4 is 15.9 Å². The van der Waals surface area contributed by atoms with Gasteiger partial charge in [0.1, 0.15) is 19.3 Å². The van der Waals surface area contributed by atoms with Crippen LogP contribution in [0.5, 0.6) is 11.5 Å². The largest absolute Gasteiger partial charge is 0.486 e. The summed E-state index contributed by atoms with van der Waals surface area (Å²) in [5, 5.41) is 0. The van der Waals surface area contributed by atoms with Gasteiger partial charge >= 0.3 is 6.09 Å². The summed E-state index contributed by atoms with van der Waals surface area (Å²) >= 11 is 0. The number of benzene rings is 1. The van der Waals surface area contributed by atoms with Crippen molar-refractivity contribution in [1.82, 2.24) is 9.80 Å². The van der Waals surface area contributed by atoms with E-state index in [0.29, 0.717) is 30.6 Å². The number of hydrogen-bond donors (Lipinski definition) is 0. The van der Waals surface area contributed by atoms with E-state index in [4.69, 9.17) is 14.2 Å². The molecule has 0 aromatic heterocycles. The van der Waals surface area contributed by atoms with Crippen LogP contribution in [0, 0.1) is 5.92 Å². The third kappa shape index (κ3) is 5.18. The van der Waals surface area contributed by atoms with Gasteiger partial charge in [0.25, 0.3) is 0 Å². The number of rotatable bonds is 7. The molecule has 3 aliphatic heterocycles. The lowest BCUT2D eigenvalue weighted by Crippen LogP contribution is -2.44. The number of likely N-dealkylation sites (tertiary alicyclic amines) is 1. The molecular formula is C21H30N2O6S. The van der Waals surface area contributed by atoms with Gasteiger partial charge in [-0.3, -0.25) is 4.90 Å². The van der Waals surface area contributed by atoms with Crippen molar-refractivity contribution in [2.75, 3.05) is 52.2 Å². The van der Waals surface area contributed by atoms with Crippen molar-refractivity contribution in [3.05, 3.63) is 18.2 Å². The Morgan fingerprint density at radius 2 is 1.90 bits per heavy atom. The Morgan fingerprint density at radius 3 is 2.60 bits per heavy atom. The second kappa shape index (κ2) is 9.01. The van der Waals surface area contributed by atoms with E-state index in [1.807, 2.05) is 0 Å². The van der Waals surface area contributed by atoms with E-state index in [1.165, 1.54) is 6.26 Å². The number of fused-ring (bicyclic) bond motifs is 1. The van der Waals surface area contributed by atoms with Gasteiger partial charge in [0, 0.05) is 25.4 Å². The van der Waals surface area contributed by atoms with Crippen LogP contribution >= 0.6 is 0 Å².